The van der Waals surface area contributed by atoms with Gasteiger partial charge in [0.2, 0.25) is 0 Å². The van der Waals surface area contributed by atoms with E-state index < -0.39 is 20.6 Å². The number of nitrogens with zero attached hydrogens (tertiary/aromatic N) is 3. The minimum absolute atomic E-state index is 0.294. The van der Waals surface area contributed by atoms with Crippen molar-refractivity contribution in [2.45, 2.75) is 92.5 Å². The van der Waals surface area contributed by atoms with E-state index in [9.17, 15) is 0 Å². The van der Waals surface area contributed by atoms with Gasteiger partial charge in [-0.15, -0.1) is 0 Å². The SMILES string of the molecule is CCC1[N](C(C)C)[Sn]([N](CC)C(C)(C)C)[N]1C(C)C. The number of hydrogen-bond acceptors (Lipinski definition) is 3. The third kappa shape index (κ3) is 3.47. The van der Waals surface area contributed by atoms with Crippen LogP contribution in [-0.4, -0.2) is 60.3 Å². The van der Waals surface area contributed by atoms with Crippen molar-refractivity contribution < 1.29 is 0 Å². The van der Waals surface area contributed by atoms with Crippen LogP contribution in [0.15, 0.2) is 0 Å². The average Bonchev–Trinajstić information content (AvgIpc) is 2.19. The molecule has 0 bridgehead atoms. The maximum atomic E-state index is 2.87. The van der Waals surface area contributed by atoms with Crippen molar-refractivity contribution in [2.24, 2.45) is 0 Å². The molecule has 0 aromatic carbocycles. The zero-order valence-electron chi connectivity index (χ0n) is 14.5. The summed E-state index contributed by atoms with van der Waals surface area (Å²) in [4.78, 5) is 0. The van der Waals surface area contributed by atoms with Gasteiger partial charge in [-0.1, -0.05) is 0 Å². The molecule has 1 aliphatic rings. The van der Waals surface area contributed by atoms with Gasteiger partial charge >= 0.3 is 129 Å². The van der Waals surface area contributed by atoms with Crippen LogP contribution in [0.4, 0.5) is 0 Å². The first-order chi connectivity index (χ1) is 8.66. The molecule has 0 N–H and O–H groups in total. The molecule has 0 spiro atoms. The summed E-state index contributed by atoms with van der Waals surface area (Å²) in [6.07, 6.45) is 1.94. The Morgan fingerprint density at radius 1 is 1.00 bits per heavy atom. The van der Waals surface area contributed by atoms with Crippen LogP contribution in [-0.2, 0) is 0 Å². The monoisotopic (exact) mass is 376 g/mol. The van der Waals surface area contributed by atoms with Gasteiger partial charge < -0.3 is 0 Å². The van der Waals surface area contributed by atoms with Crippen LogP contribution < -0.4 is 0 Å². The van der Waals surface area contributed by atoms with Crippen molar-refractivity contribution in [3.05, 3.63) is 0 Å². The van der Waals surface area contributed by atoms with Crippen LogP contribution in [0.2, 0.25) is 0 Å². The van der Waals surface area contributed by atoms with Crippen LogP contribution in [0.25, 0.3) is 0 Å². The Morgan fingerprint density at radius 3 is 1.63 bits per heavy atom. The zero-order valence-corrected chi connectivity index (χ0v) is 17.3. The van der Waals surface area contributed by atoms with Gasteiger partial charge in [0, 0.05) is 0 Å². The Hall–Kier alpha value is 0.679. The molecule has 0 atom stereocenters. The summed E-state index contributed by atoms with van der Waals surface area (Å²) in [5, 5.41) is 0. The van der Waals surface area contributed by atoms with E-state index in [1.807, 2.05) is 0 Å². The second-order valence-electron chi connectivity index (χ2n) is 7.11. The van der Waals surface area contributed by atoms with Gasteiger partial charge in [-0.3, -0.25) is 0 Å². The number of rotatable bonds is 5. The van der Waals surface area contributed by atoms with Gasteiger partial charge in [-0.2, -0.15) is 0 Å². The fourth-order valence-corrected chi connectivity index (χ4v) is 13.5. The van der Waals surface area contributed by atoms with Crippen molar-refractivity contribution in [3.63, 3.8) is 0 Å². The Bertz CT molecular complexity index is 270. The normalized spacial score (nSPS) is 20.8. The summed E-state index contributed by atoms with van der Waals surface area (Å²) in [5.41, 5.74) is 0.294. The average molecular weight is 375 g/mol. The predicted octanol–water partition coefficient (Wildman–Crippen LogP) is 3.26. The van der Waals surface area contributed by atoms with Gasteiger partial charge in [0.25, 0.3) is 0 Å². The molecule has 0 aromatic heterocycles. The fraction of sp³-hybridized carbons (Fsp3) is 1.00. The van der Waals surface area contributed by atoms with Crippen molar-refractivity contribution in [3.8, 4) is 0 Å². The fourth-order valence-electron chi connectivity index (χ4n) is 3.22. The third-order valence-corrected chi connectivity index (χ3v) is 15.4. The van der Waals surface area contributed by atoms with Crippen molar-refractivity contribution in [2.75, 3.05) is 6.54 Å². The van der Waals surface area contributed by atoms with Crippen molar-refractivity contribution in [1.82, 2.24) is 9.36 Å². The third-order valence-electron chi connectivity index (χ3n) is 3.95. The van der Waals surface area contributed by atoms with E-state index in [0.717, 1.165) is 0 Å². The van der Waals surface area contributed by atoms with E-state index in [4.69, 9.17) is 0 Å². The second kappa shape index (κ2) is 6.63. The quantitative estimate of drug-likeness (QED) is 0.684. The molecule has 0 saturated carbocycles. The molecule has 1 saturated heterocycles. The Labute approximate surface area is 129 Å². The molecule has 3 nitrogen and oxygen atoms in total. The second-order valence-corrected chi connectivity index (χ2v) is 13.3. The molecule has 19 heavy (non-hydrogen) atoms. The summed E-state index contributed by atoms with van der Waals surface area (Å²) in [6, 6.07) is 1.37. The predicted molar refractivity (Wildman–Crippen MR) is 85.9 cm³/mol. The molecule has 1 fully saturated rings. The van der Waals surface area contributed by atoms with Gasteiger partial charge in [0.05, 0.1) is 0 Å². The molecule has 1 aliphatic heterocycles. The zero-order chi connectivity index (χ0) is 15.0. The Morgan fingerprint density at radius 2 is 1.42 bits per heavy atom. The molecule has 4 heteroatoms. The van der Waals surface area contributed by atoms with E-state index in [2.05, 4.69) is 71.7 Å². The molecule has 0 aliphatic carbocycles. The summed E-state index contributed by atoms with van der Waals surface area (Å²) in [7, 11) is 0. The molecule has 1 heterocycles. The van der Waals surface area contributed by atoms with E-state index >= 15 is 0 Å². The molecule has 113 valence electrons. The van der Waals surface area contributed by atoms with Crippen LogP contribution in [0.1, 0.15) is 68.7 Å². The Kier molecular flexibility index (Phi) is 6.18. The van der Waals surface area contributed by atoms with E-state index in [-0.39, 0.29) is 0 Å². The van der Waals surface area contributed by atoms with Crippen molar-refractivity contribution in [1.29, 1.82) is 0 Å². The first-order valence-corrected chi connectivity index (χ1v) is 11.7. The van der Waals surface area contributed by atoms with Crippen LogP contribution in [0.3, 0.4) is 0 Å². The summed E-state index contributed by atoms with van der Waals surface area (Å²) >= 11 is -1.83. The van der Waals surface area contributed by atoms with E-state index in [1.165, 1.54) is 13.0 Å². The van der Waals surface area contributed by atoms with E-state index in [0.29, 0.717) is 23.8 Å². The Balaban J connectivity index is 3.05. The minimum atomic E-state index is -1.83. The number of hydrogen-bond donors (Lipinski definition) is 0. The van der Waals surface area contributed by atoms with E-state index in [1.54, 1.807) is 0 Å². The molecular formula is C15H34N3Sn. The summed E-state index contributed by atoms with van der Waals surface area (Å²) < 4.78 is 8.56. The van der Waals surface area contributed by atoms with Crippen LogP contribution >= 0.6 is 0 Å². The molecule has 0 amide bonds. The summed E-state index contributed by atoms with van der Waals surface area (Å²) in [6.45, 7) is 22.5. The van der Waals surface area contributed by atoms with Gasteiger partial charge in [-0.25, -0.2) is 0 Å². The van der Waals surface area contributed by atoms with Crippen LogP contribution in [0.5, 0.6) is 0 Å². The van der Waals surface area contributed by atoms with Gasteiger partial charge in [0.15, 0.2) is 0 Å². The molecule has 0 aromatic rings. The topological polar surface area (TPSA) is 9.72 Å². The first-order valence-electron chi connectivity index (χ1n) is 7.88. The standard InChI is InChI=1S/C9H20N2.C6H14N.Sn/c1-6-9(10-7(2)3)11-8(4)5;1-5-7-6(2,3)4;/h7-9H,6H2,1-5H3;5H2,1-4H3;/q-2;-1;+3. The van der Waals surface area contributed by atoms with Crippen molar-refractivity contribution >= 4 is 20.6 Å². The van der Waals surface area contributed by atoms with Gasteiger partial charge in [0.1, 0.15) is 0 Å². The van der Waals surface area contributed by atoms with Crippen LogP contribution in [0, 0.1) is 0 Å². The molecule has 1 radical (unpaired) electrons. The first kappa shape index (κ1) is 17.7. The summed E-state index contributed by atoms with van der Waals surface area (Å²) in [5.74, 6) is 0. The molecular weight excluding hydrogens is 341 g/mol. The van der Waals surface area contributed by atoms with Gasteiger partial charge in [-0.05, 0) is 0 Å². The maximum absolute atomic E-state index is 2.87. The molecule has 0 unspecified atom stereocenters. The molecule has 1 rings (SSSR count).